The van der Waals surface area contributed by atoms with Crippen molar-refractivity contribution in [3.63, 3.8) is 0 Å². The zero-order chi connectivity index (χ0) is 9.14. The average Bonchev–Trinajstić information content (AvgIpc) is 2.33. The van der Waals surface area contributed by atoms with Crippen molar-refractivity contribution in [2.45, 2.75) is 19.8 Å². The van der Waals surface area contributed by atoms with Crippen LogP contribution in [0, 0.1) is 0 Å². The maximum absolute atomic E-state index is 11.3. The molecule has 1 saturated heterocycles. The molecule has 0 aliphatic carbocycles. The Morgan fingerprint density at radius 3 is 2.67 bits per heavy atom. The van der Waals surface area contributed by atoms with Crippen LogP contribution in [-0.2, 0) is 9.59 Å². The third-order valence-corrected chi connectivity index (χ3v) is 1.95. The largest absolute Gasteiger partial charge is 0.326 e. The van der Waals surface area contributed by atoms with Crippen LogP contribution in [0.25, 0.3) is 0 Å². The van der Waals surface area contributed by atoms with E-state index in [4.69, 9.17) is 0 Å². The number of carbonyl (C=O) groups is 2. The predicted octanol–water partition coefficient (Wildman–Crippen LogP) is 0.0446. The Hall–Kier alpha value is -1.06. The van der Waals surface area contributed by atoms with Gasteiger partial charge in [-0.3, -0.25) is 9.59 Å². The summed E-state index contributed by atoms with van der Waals surface area (Å²) in [5.41, 5.74) is 0. The molecule has 0 aromatic heterocycles. The van der Waals surface area contributed by atoms with E-state index < -0.39 is 0 Å². The van der Waals surface area contributed by atoms with Crippen molar-refractivity contribution < 1.29 is 9.59 Å². The van der Waals surface area contributed by atoms with Gasteiger partial charge in [0, 0.05) is 13.5 Å². The van der Waals surface area contributed by atoms with Crippen LogP contribution in [0.5, 0.6) is 0 Å². The van der Waals surface area contributed by atoms with Gasteiger partial charge in [0.1, 0.15) is 6.54 Å². The molecule has 1 rings (SSSR count). The number of nitrogens with zero attached hydrogens (tertiary/aromatic N) is 2. The molecule has 12 heavy (non-hydrogen) atoms. The van der Waals surface area contributed by atoms with Crippen LogP contribution in [0.2, 0.25) is 0 Å². The van der Waals surface area contributed by atoms with Gasteiger partial charge in [-0.25, -0.2) is 0 Å². The highest BCUT2D eigenvalue weighted by atomic mass is 16.2. The molecule has 4 nitrogen and oxygen atoms in total. The van der Waals surface area contributed by atoms with E-state index in [1.807, 2.05) is 6.92 Å². The third-order valence-electron chi connectivity index (χ3n) is 1.95. The first-order valence-electron chi connectivity index (χ1n) is 4.17. The Morgan fingerprint density at radius 1 is 1.58 bits per heavy atom. The van der Waals surface area contributed by atoms with Crippen LogP contribution in [0.1, 0.15) is 19.8 Å². The van der Waals surface area contributed by atoms with Crippen molar-refractivity contribution in [1.29, 1.82) is 0 Å². The molecule has 1 heterocycles. The molecule has 1 aliphatic heterocycles. The molecule has 0 aromatic carbocycles. The lowest BCUT2D eigenvalue weighted by molar-refractivity contribution is -0.131. The van der Waals surface area contributed by atoms with Gasteiger partial charge in [0.2, 0.25) is 11.8 Å². The van der Waals surface area contributed by atoms with E-state index in [1.54, 1.807) is 16.8 Å². The molecular weight excluding hydrogens is 156 g/mol. The molecule has 0 radical (unpaired) electrons. The summed E-state index contributed by atoms with van der Waals surface area (Å²) in [4.78, 5) is 25.5. The molecule has 0 atom stereocenters. The van der Waals surface area contributed by atoms with E-state index in [-0.39, 0.29) is 18.4 Å². The number of hydrogen-bond acceptors (Lipinski definition) is 2. The minimum atomic E-state index is 0.0273. The molecule has 0 N–H and O–H groups in total. The van der Waals surface area contributed by atoms with Gasteiger partial charge < -0.3 is 9.80 Å². The Labute approximate surface area is 72.1 Å². The Balaban J connectivity index is 2.46. The monoisotopic (exact) mass is 170 g/mol. The molecule has 68 valence electrons. The van der Waals surface area contributed by atoms with Gasteiger partial charge in [-0.15, -0.1) is 0 Å². The van der Waals surface area contributed by atoms with Crippen LogP contribution in [0.15, 0.2) is 0 Å². The van der Waals surface area contributed by atoms with Crippen molar-refractivity contribution in [2.24, 2.45) is 0 Å². The summed E-state index contributed by atoms with van der Waals surface area (Å²) in [5.74, 6) is 0.106. The van der Waals surface area contributed by atoms with Crippen molar-refractivity contribution in [2.75, 3.05) is 20.3 Å². The maximum Gasteiger partial charge on any atom is 0.243 e. The SMILES string of the molecule is CCCC(=O)N1CC(=O)N(C)C1. The molecule has 0 saturated carbocycles. The zero-order valence-corrected chi connectivity index (χ0v) is 7.54. The van der Waals surface area contributed by atoms with Crippen LogP contribution in [-0.4, -0.2) is 41.9 Å². The van der Waals surface area contributed by atoms with Crippen molar-refractivity contribution >= 4 is 11.8 Å². The Kier molecular flexibility index (Phi) is 2.68. The van der Waals surface area contributed by atoms with Crippen molar-refractivity contribution in [1.82, 2.24) is 9.80 Å². The fraction of sp³-hybridized carbons (Fsp3) is 0.750. The van der Waals surface area contributed by atoms with E-state index in [2.05, 4.69) is 0 Å². The second kappa shape index (κ2) is 3.56. The third kappa shape index (κ3) is 1.75. The van der Waals surface area contributed by atoms with Gasteiger partial charge in [0.05, 0.1) is 6.67 Å². The lowest BCUT2D eigenvalue weighted by Gasteiger charge is -2.13. The first-order valence-corrected chi connectivity index (χ1v) is 4.17. The van der Waals surface area contributed by atoms with E-state index >= 15 is 0 Å². The fourth-order valence-electron chi connectivity index (χ4n) is 1.21. The second-order valence-corrected chi connectivity index (χ2v) is 3.07. The Morgan fingerprint density at radius 2 is 2.25 bits per heavy atom. The van der Waals surface area contributed by atoms with Gasteiger partial charge in [-0.05, 0) is 6.42 Å². The van der Waals surface area contributed by atoms with Crippen LogP contribution >= 0.6 is 0 Å². The van der Waals surface area contributed by atoms with Crippen molar-refractivity contribution in [3.8, 4) is 0 Å². The van der Waals surface area contributed by atoms with Crippen LogP contribution in [0.3, 0.4) is 0 Å². The van der Waals surface area contributed by atoms with Crippen LogP contribution in [0.4, 0.5) is 0 Å². The number of hydrogen-bond donors (Lipinski definition) is 0. The minimum absolute atomic E-state index is 0.0273. The van der Waals surface area contributed by atoms with E-state index in [0.29, 0.717) is 13.1 Å². The van der Waals surface area contributed by atoms with Gasteiger partial charge in [0.15, 0.2) is 0 Å². The van der Waals surface area contributed by atoms with E-state index in [1.165, 1.54) is 0 Å². The zero-order valence-electron chi connectivity index (χ0n) is 7.54. The molecular formula is C8H14N2O2. The number of rotatable bonds is 2. The van der Waals surface area contributed by atoms with Gasteiger partial charge in [0.25, 0.3) is 0 Å². The summed E-state index contributed by atoms with van der Waals surface area (Å²) < 4.78 is 0. The quantitative estimate of drug-likeness (QED) is 0.587. The van der Waals surface area contributed by atoms with E-state index in [9.17, 15) is 9.59 Å². The summed E-state index contributed by atoms with van der Waals surface area (Å²) >= 11 is 0. The topological polar surface area (TPSA) is 40.6 Å². The highest BCUT2D eigenvalue weighted by Gasteiger charge is 2.26. The molecule has 4 heteroatoms. The number of amides is 2. The second-order valence-electron chi connectivity index (χ2n) is 3.07. The van der Waals surface area contributed by atoms with E-state index in [0.717, 1.165) is 6.42 Å². The molecule has 1 fully saturated rings. The van der Waals surface area contributed by atoms with Crippen LogP contribution < -0.4 is 0 Å². The first kappa shape index (κ1) is 9.03. The highest BCUT2D eigenvalue weighted by Crippen LogP contribution is 2.06. The summed E-state index contributed by atoms with van der Waals surface area (Å²) in [5, 5.41) is 0. The number of carbonyl (C=O) groups excluding carboxylic acids is 2. The fourth-order valence-corrected chi connectivity index (χ4v) is 1.21. The first-order chi connectivity index (χ1) is 5.65. The Bertz CT molecular complexity index is 203. The molecule has 0 spiro atoms. The summed E-state index contributed by atoms with van der Waals surface area (Å²) in [6.07, 6.45) is 1.38. The predicted molar refractivity (Wildman–Crippen MR) is 44.3 cm³/mol. The molecule has 2 amide bonds. The highest BCUT2D eigenvalue weighted by molar-refractivity contribution is 5.87. The molecule has 1 aliphatic rings. The molecule has 0 bridgehead atoms. The van der Waals surface area contributed by atoms with Gasteiger partial charge >= 0.3 is 0 Å². The summed E-state index contributed by atoms with van der Waals surface area (Å²) in [6, 6.07) is 0. The maximum atomic E-state index is 11.3. The lowest BCUT2D eigenvalue weighted by Crippen LogP contribution is -2.29. The molecule has 0 aromatic rings. The standard InChI is InChI=1S/C8H14N2O2/c1-3-4-7(11)10-5-8(12)9(2)6-10/h3-6H2,1-2H3. The normalized spacial score (nSPS) is 17.3. The summed E-state index contributed by atoms with van der Waals surface area (Å²) in [7, 11) is 1.71. The average molecular weight is 170 g/mol. The lowest BCUT2D eigenvalue weighted by atomic mass is 10.3. The summed E-state index contributed by atoms with van der Waals surface area (Å²) in [6.45, 7) is 2.67. The minimum Gasteiger partial charge on any atom is -0.326 e. The molecule has 0 unspecified atom stereocenters. The number of likely N-dealkylation sites (N-methyl/N-ethyl adjacent to an activating group) is 1. The van der Waals surface area contributed by atoms with Gasteiger partial charge in [-0.2, -0.15) is 0 Å². The smallest absolute Gasteiger partial charge is 0.243 e. The van der Waals surface area contributed by atoms with Gasteiger partial charge in [-0.1, -0.05) is 6.92 Å². The van der Waals surface area contributed by atoms with Crippen molar-refractivity contribution in [3.05, 3.63) is 0 Å².